The smallest absolute Gasteiger partial charge is 0.255 e. The van der Waals surface area contributed by atoms with E-state index in [1.165, 1.54) is 50.0 Å². The summed E-state index contributed by atoms with van der Waals surface area (Å²) in [5, 5.41) is 8.31. The Kier molecular flexibility index (Phi) is 8.81. The summed E-state index contributed by atoms with van der Waals surface area (Å²) in [5.41, 5.74) is 6.94. The van der Waals surface area contributed by atoms with E-state index in [2.05, 4.69) is 17.3 Å². The van der Waals surface area contributed by atoms with E-state index in [-0.39, 0.29) is 18.2 Å². The van der Waals surface area contributed by atoms with Gasteiger partial charge in [-0.2, -0.15) is 10.1 Å². The zero-order valence-electron chi connectivity index (χ0n) is 16.4. The molecule has 148 valence electrons. The molecule has 6 heteroatoms. The van der Waals surface area contributed by atoms with Gasteiger partial charge in [0.15, 0.2) is 0 Å². The molecule has 0 saturated heterocycles. The summed E-state index contributed by atoms with van der Waals surface area (Å²) in [6.45, 7) is 2.23. The Hall–Kier alpha value is -2.37. The number of carbonyl (C=O) groups is 2. The summed E-state index contributed by atoms with van der Waals surface area (Å²) >= 11 is 0. The Morgan fingerprint density at radius 3 is 2.26 bits per heavy atom. The maximum absolute atomic E-state index is 12.1. The highest BCUT2D eigenvalue weighted by Crippen LogP contribution is 2.21. The van der Waals surface area contributed by atoms with Crippen molar-refractivity contribution in [1.82, 2.24) is 5.32 Å². The minimum absolute atomic E-state index is 0.0661. The van der Waals surface area contributed by atoms with Gasteiger partial charge in [0.05, 0.1) is 12.1 Å². The fourth-order valence-electron chi connectivity index (χ4n) is 3.14. The zero-order chi connectivity index (χ0) is 19.5. The van der Waals surface area contributed by atoms with Crippen molar-refractivity contribution < 1.29 is 9.59 Å². The van der Waals surface area contributed by atoms with Gasteiger partial charge in [-0.05, 0) is 30.7 Å². The van der Waals surface area contributed by atoms with Crippen LogP contribution in [-0.4, -0.2) is 17.6 Å². The van der Waals surface area contributed by atoms with E-state index in [0.29, 0.717) is 23.6 Å². The highest BCUT2D eigenvalue weighted by Gasteiger charge is 2.26. The molecule has 0 aliphatic carbocycles. The van der Waals surface area contributed by atoms with Crippen LogP contribution in [0.3, 0.4) is 0 Å². The Bertz CT molecular complexity index is 640. The number of anilines is 2. The van der Waals surface area contributed by atoms with Gasteiger partial charge >= 0.3 is 0 Å². The molecule has 27 heavy (non-hydrogen) atoms. The first-order chi connectivity index (χ1) is 13.1. The van der Waals surface area contributed by atoms with E-state index in [1.807, 2.05) is 0 Å². The van der Waals surface area contributed by atoms with Crippen molar-refractivity contribution in [2.75, 3.05) is 10.7 Å². The summed E-state index contributed by atoms with van der Waals surface area (Å²) in [4.78, 5) is 24.2. The number of nitrogen functional groups attached to an aromatic ring is 1. The van der Waals surface area contributed by atoms with Crippen molar-refractivity contribution in [1.29, 1.82) is 0 Å². The molecule has 1 aliphatic heterocycles. The van der Waals surface area contributed by atoms with Crippen LogP contribution in [0.5, 0.6) is 0 Å². The van der Waals surface area contributed by atoms with Gasteiger partial charge in [-0.15, -0.1) is 0 Å². The highest BCUT2D eigenvalue weighted by molar-refractivity contribution is 6.15. The molecule has 1 aliphatic rings. The molecule has 0 spiro atoms. The number of amides is 2. The van der Waals surface area contributed by atoms with Crippen molar-refractivity contribution in [3.8, 4) is 0 Å². The molecule has 2 amide bonds. The van der Waals surface area contributed by atoms with Crippen molar-refractivity contribution in [2.24, 2.45) is 5.10 Å². The quantitative estimate of drug-likeness (QED) is 0.447. The molecule has 3 N–H and O–H groups in total. The molecule has 0 fully saturated rings. The van der Waals surface area contributed by atoms with Gasteiger partial charge in [-0.3, -0.25) is 9.59 Å². The van der Waals surface area contributed by atoms with Crippen molar-refractivity contribution in [3.63, 3.8) is 0 Å². The third kappa shape index (κ3) is 7.41. The number of rotatable bonds is 11. The van der Waals surface area contributed by atoms with E-state index >= 15 is 0 Å². The number of carbonyl (C=O) groups excluding carboxylic acids is 2. The van der Waals surface area contributed by atoms with Crippen molar-refractivity contribution in [2.45, 2.75) is 77.6 Å². The molecule has 0 radical (unpaired) electrons. The Morgan fingerprint density at radius 2 is 1.63 bits per heavy atom. The van der Waals surface area contributed by atoms with Crippen LogP contribution in [0.15, 0.2) is 29.4 Å². The summed E-state index contributed by atoms with van der Waals surface area (Å²) in [7, 11) is 0. The van der Waals surface area contributed by atoms with Crippen LogP contribution in [0.2, 0.25) is 0 Å². The van der Waals surface area contributed by atoms with Gasteiger partial charge in [0, 0.05) is 12.1 Å². The second-order valence-electron chi connectivity index (χ2n) is 7.15. The summed E-state index contributed by atoms with van der Waals surface area (Å²) in [6, 6.07) is 6.92. The SMILES string of the molecule is CCCCCCCCCCCC(=O)NC1=NN(c2ccc(N)cc2)C(=O)C1. The summed E-state index contributed by atoms with van der Waals surface area (Å²) in [6.07, 6.45) is 11.6. The number of amidine groups is 1. The minimum Gasteiger partial charge on any atom is -0.399 e. The van der Waals surface area contributed by atoms with Crippen molar-refractivity contribution >= 4 is 29.0 Å². The third-order valence-electron chi connectivity index (χ3n) is 4.70. The fraction of sp³-hybridized carbons (Fsp3) is 0.571. The topological polar surface area (TPSA) is 87.8 Å². The molecule has 0 aromatic heterocycles. The number of nitrogens with two attached hydrogens (primary N) is 1. The van der Waals surface area contributed by atoms with Gasteiger partial charge in [0.2, 0.25) is 5.91 Å². The average Bonchev–Trinajstić information content (AvgIpc) is 3.01. The molecule has 1 aromatic carbocycles. The lowest BCUT2D eigenvalue weighted by Crippen LogP contribution is -2.29. The van der Waals surface area contributed by atoms with E-state index in [4.69, 9.17) is 5.73 Å². The molecule has 2 rings (SSSR count). The third-order valence-corrected chi connectivity index (χ3v) is 4.70. The lowest BCUT2D eigenvalue weighted by Gasteiger charge is -2.11. The monoisotopic (exact) mass is 372 g/mol. The molecule has 1 heterocycles. The zero-order valence-corrected chi connectivity index (χ0v) is 16.4. The average molecular weight is 373 g/mol. The molecule has 0 unspecified atom stereocenters. The largest absolute Gasteiger partial charge is 0.399 e. The van der Waals surface area contributed by atoms with E-state index in [1.54, 1.807) is 24.3 Å². The van der Waals surface area contributed by atoms with Gasteiger partial charge in [0.25, 0.3) is 5.91 Å². The normalized spacial score (nSPS) is 13.7. The van der Waals surface area contributed by atoms with E-state index in [0.717, 1.165) is 12.8 Å². The van der Waals surface area contributed by atoms with Gasteiger partial charge in [0.1, 0.15) is 5.84 Å². The second kappa shape index (κ2) is 11.4. The molecular weight excluding hydrogens is 340 g/mol. The first-order valence-electron chi connectivity index (χ1n) is 10.2. The lowest BCUT2D eigenvalue weighted by atomic mass is 10.1. The molecule has 6 nitrogen and oxygen atoms in total. The summed E-state index contributed by atoms with van der Waals surface area (Å²) in [5.74, 6) is 0.194. The molecule has 1 aromatic rings. The van der Waals surface area contributed by atoms with E-state index in [9.17, 15) is 9.59 Å². The predicted octanol–water partition coefficient (Wildman–Crippen LogP) is 4.36. The maximum atomic E-state index is 12.1. The predicted molar refractivity (Wildman–Crippen MR) is 110 cm³/mol. The lowest BCUT2D eigenvalue weighted by molar-refractivity contribution is -0.119. The second-order valence-corrected chi connectivity index (χ2v) is 7.15. The van der Waals surface area contributed by atoms with Crippen LogP contribution >= 0.6 is 0 Å². The van der Waals surface area contributed by atoms with Crippen molar-refractivity contribution in [3.05, 3.63) is 24.3 Å². The van der Waals surface area contributed by atoms with Crippen LogP contribution < -0.4 is 16.1 Å². The number of hydrazone groups is 1. The fourth-order valence-corrected chi connectivity index (χ4v) is 3.14. The number of unbranched alkanes of at least 4 members (excludes halogenated alkanes) is 8. The van der Waals surface area contributed by atoms with Crippen LogP contribution in [0, 0.1) is 0 Å². The Morgan fingerprint density at radius 1 is 1.04 bits per heavy atom. The highest BCUT2D eigenvalue weighted by atomic mass is 16.2. The number of nitrogens with zero attached hydrogens (tertiary/aromatic N) is 2. The van der Waals surface area contributed by atoms with Crippen LogP contribution in [0.25, 0.3) is 0 Å². The first kappa shape index (κ1) is 20.9. The Labute approximate surface area is 162 Å². The number of hydrogen-bond donors (Lipinski definition) is 2. The number of nitrogens with one attached hydrogen (secondary N) is 1. The van der Waals surface area contributed by atoms with Crippen LogP contribution in [-0.2, 0) is 9.59 Å². The first-order valence-corrected chi connectivity index (χ1v) is 10.2. The van der Waals surface area contributed by atoms with Crippen LogP contribution in [0.1, 0.15) is 77.6 Å². The molecule has 0 bridgehead atoms. The minimum atomic E-state index is -0.154. The standard InChI is InChI=1S/C21H32N4O2/c1-2-3-4-5-6-7-8-9-10-11-20(26)23-19-16-21(27)25(24-19)18-14-12-17(22)13-15-18/h12-15H,2-11,16,22H2,1H3,(H,23,24,26). The summed E-state index contributed by atoms with van der Waals surface area (Å²) < 4.78 is 0. The van der Waals surface area contributed by atoms with Crippen LogP contribution in [0.4, 0.5) is 11.4 Å². The Balaban J connectivity index is 1.63. The number of hydrogen-bond acceptors (Lipinski definition) is 4. The maximum Gasteiger partial charge on any atom is 0.255 e. The molecule has 0 atom stereocenters. The van der Waals surface area contributed by atoms with Gasteiger partial charge in [-0.1, -0.05) is 58.3 Å². The molecular formula is C21H32N4O2. The van der Waals surface area contributed by atoms with E-state index < -0.39 is 0 Å². The van der Waals surface area contributed by atoms with Gasteiger partial charge in [-0.25, -0.2) is 0 Å². The van der Waals surface area contributed by atoms with Gasteiger partial charge < -0.3 is 11.1 Å². The molecule has 0 saturated carbocycles. The number of benzene rings is 1.